The number of aliphatic hydroxyl groups excluding tert-OH is 1. The molecule has 0 spiro atoms. The molecule has 2 atom stereocenters. The average Bonchev–Trinajstić information content (AvgIpc) is 2.39. The third kappa shape index (κ3) is 3.69. The number of piperidine rings is 1. The van der Waals surface area contributed by atoms with Crippen LogP contribution in [-0.2, 0) is 4.79 Å². The first-order valence-electron chi connectivity index (χ1n) is 7.30. The van der Waals surface area contributed by atoms with E-state index in [4.69, 9.17) is 0 Å². The molecule has 1 aliphatic heterocycles. The van der Waals surface area contributed by atoms with Crippen LogP contribution < -0.4 is 5.32 Å². The van der Waals surface area contributed by atoms with E-state index >= 15 is 0 Å². The van der Waals surface area contributed by atoms with Crippen molar-refractivity contribution in [1.82, 2.24) is 10.2 Å². The van der Waals surface area contributed by atoms with Crippen molar-refractivity contribution in [1.29, 1.82) is 0 Å². The average molecular weight is 256 g/mol. The Bertz CT molecular complexity index is 254. The van der Waals surface area contributed by atoms with Crippen LogP contribution in [-0.4, -0.2) is 47.7 Å². The van der Waals surface area contributed by atoms with Gasteiger partial charge in [0.05, 0.1) is 12.6 Å². The standard InChI is InChI=1S/C14H28N2O2/c1-4-12(5-2)16(9-10-17)14(18)13-11(3)7-6-8-15-13/h11-13,15,17H,4-10H2,1-3H3. The number of aliphatic hydroxyl groups is 1. The molecule has 4 nitrogen and oxygen atoms in total. The molecule has 1 rings (SSSR count). The van der Waals surface area contributed by atoms with Crippen molar-refractivity contribution in [3.05, 3.63) is 0 Å². The number of carbonyl (C=O) groups excluding carboxylic acids is 1. The van der Waals surface area contributed by atoms with Crippen LogP contribution in [0.5, 0.6) is 0 Å². The molecule has 1 fully saturated rings. The molecule has 0 aliphatic carbocycles. The minimum absolute atomic E-state index is 0.0450. The van der Waals surface area contributed by atoms with Gasteiger partial charge in [0.1, 0.15) is 0 Å². The van der Waals surface area contributed by atoms with E-state index in [1.807, 2.05) is 4.90 Å². The fourth-order valence-electron chi connectivity index (χ4n) is 2.87. The van der Waals surface area contributed by atoms with Crippen LogP contribution >= 0.6 is 0 Å². The van der Waals surface area contributed by atoms with Crippen molar-refractivity contribution in [3.63, 3.8) is 0 Å². The number of hydrogen-bond donors (Lipinski definition) is 2. The molecular weight excluding hydrogens is 228 g/mol. The smallest absolute Gasteiger partial charge is 0.240 e. The van der Waals surface area contributed by atoms with Crippen LogP contribution in [0.1, 0.15) is 46.5 Å². The zero-order valence-corrected chi connectivity index (χ0v) is 12.0. The zero-order chi connectivity index (χ0) is 13.5. The van der Waals surface area contributed by atoms with E-state index in [2.05, 4.69) is 26.1 Å². The summed E-state index contributed by atoms with van der Waals surface area (Å²) in [7, 11) is 0. The molecule has 0 bridgehead atoms. The monoisotopic (exact) mass is 256 g/mol. The van der Waals surface area contributed by atoms with Crippen molar-refractivity contribution in [2.75, 3.05) is 19.7 Å². The maximum atomic E-state index is 12.6. The third-order valence-corrected chi connectivity index (χ3v) is 4.04. The van der Waals surface area contributed by atoms with Crippen LogP contribution in [0.4, 0.5) is 0 Å². The van der Waals surface area contributed by atoms with Crippen molar-refractivity contribution in [2.24, 2.45) is 5.92 Å². The van der Waals surface area contributed by atoms with E-state index in [1.54, 1.807) is 0 Å². The van der Waals surface area contributed by atoms with Gasteiger partial charge < -0.3 is 15.3 Å². The van der Waals surface area contributed by atoms with Gasteiger partial charge in [-0.15, -0.1) is 0 Å². The summed E-state index contributed by atoms with van der Waals surface area (Å²) in [4.78, 5) is 14.5. The number of nitrogens with one attached hydrogen (secondary N) is 1. The van der Waals surface area contributed by atoms with Gasteiger partial charge in [-0.25, -0.2) is 0 Å². The van der Waals surface area contributed by atoms with E-state index in [1.165, 1.54) is 0 Å². The van der Waals surface area contributed by atoms with Gasteiger partial charge in [0, 0.05) is 12.6 Å². The second-order valence-corrected chi connectivity index (χ2v) is 5.28. The lowest BCUT2D eigenvalue weighted by Gasteiger charge is -2.37. The summed E-state index contributed by atoms with van der Waals surface area (Å²) in [6.45, 7) is 7.77. The Morgan fingerprint density at radius 2 is 2.11 bits per heavy atom. The first-order valence-corrected chi connectivity index (χ1v) is 7.30. The van der Waals surface area contributed by atoms with Crippen molar-refractivity contribution in [3.8, 4) is 0 Å². The molecule has 0 aromatic rings. The highest BCUT2D eigenvalue weighted by Gasteiger charge is 2.32. The maximum absolute atomic E-state index is 12.6. The minimum Gasteiger partial charge on any atom is -0.395 e. The Balaban J connectivity index is 2.74. The predicted octanol–water partition coefficient (Wildman–Crippen LogP) is 1.38. The molecule has 0 saturated carbocycles. The SMILES string of the molecule is CCC(CC)N(CCO)C(=O)C1NCCCC1C. The zero-order valence-electron chi connectivity index (χ0n) is 12.0. The number of hydrogen-bond acceptors (Lipinski definition) is 3. The molecule has 2 unspecified atom stereocenters. The van der Waals surface area contributed by atoms with Crippen LogP contribution in [0.25, 0.3) is 0 Å². The van der Waals surface area contributed by atoms with Gasteiger partial charge in [-0.05, 0) is 38.1 Å². The molecule has 106 valence electrons. The number of rotatable bonds is 6. The first kappa shape index (κ1) is 15.4. The number of nitrogens with zero attached hydrogens (tertiary/aromatic N) is 1. The molecule has 1 saturated heterocycles. The summed E-state index contributed by atoms with van der Waals surface area (Å²) >= 11 is 0. The van der Waals surface area contributed by atoms with Crippen LogP contribution in [0.15, 0.2) is 0 Å². The van der Waals surface area contributed by atoms with Crippen LogP contribution in [0.3, 0.4) is 0 Å². The lowest BCUT2D eigenvalue weighted by Crippen LogP contribution is -2.55. The maximum Gasteiger partial charge on any atom is 0.240 e. The number of carbonyl (C=O) groups is 1. The predicted molar refractivity (Wildman–Crippen MR) is 73.4 cm³/mol. The lowest BCUT2D eigenvalue weighted by molar-refractivity contribution is -0.138. The Kier molecular flexibility index (Phi) is 6.65. The molecule has 0 aromatic heterocycles. The second-order valence-electron chi connectivity index (χ2n) is 5.28. The van der Waals surface area contributed by atoms with E-state index in [0.29, 0.717) is 12.5 Å². The highest BCUT2D eigenvalue weighted by atomic mass is 16.3. The molecule has 1 heterocycles. The molecular formula is C14H28N2O2. The topological polar surface area (TPSA) is 52.6 Å². The Morgan fingerprint density at radius 3 is 2.61 bits per heavy atom. The summed E-state index contributed by atoms with van der Waals surface area (Å²) in [5, 5.41) is 12.5. The van der Waals surface area contributed by atoms with E-state index in [-0.39, 0.29) is 24.6 Å². The van der Waals surface area contributed by atoms with Crippen LogP contribution in [0.2, 0.25) is 0 Å². The highest BCUT2D eigenvalue weighted by molar-refractivity contribution is 5.82. The van der Waals surface area contributed by atoms with E-state index in [9.17, 15) is 9.90 Å². The van der Waals surface area contributed by atoms with Gasteiger partial charge in [0.15, 0.2) is 0 Å². The van der Waals surface area contributed by atoms with Gasteiger partial charge in [-0.3, -0.25) is 4.79 Å². The fraction of sp³-hybridized carbons (Fsp3) is 0.929. The van der Waals surface area contributed by atoms with E-state index < -0.39 is 0 Å². The molecule has 18 heavy (non-hydrogen) atoms. The molecule has 0 radical (unpaired) electrons. The van der Waals surface area contributed by atoms with Crippen molar-refractivity contribution >= 4 is 5.91 Å². The normalized spacial score (nSPS) is 24.3. The minimum atomic E-state index is -0.0640. The van der Waals surface area contributed by atoms with Gasteiger partial charge in [0.2, 0.25) is 5.91 Å². The van der Waals surface area contributed by atoms with Gasteiger partial charge in [0.25, 0.3) is 0 Å². The quantitative estimate of drug-likeness (QED) is 0.755. The third-order valence-electron chi connectivity index (χ3n) is 4.04. The summed E-state index contributed by atoms with van der Waals surface area (Å²) in [5.74, 6) is 0.562. The van der Waals surface area contributed by atoms with Gasteiger partial charge >= 0.3 is 0 Å². The molecule has 1 amide bonds. The molecule has 1 aliphatic rings. The Hall–Kier alpha value is -0.610. The largest absolute Gasteiger partial charge is 0.395 e. The second kappa shape index (κ2) is 7.74. The lowest BCUT2D eigenvalue weighted by atomic mass is 9.91. The van der Waals surface area contributed by atoms with Gasteiger partial charge in [-0.1, -0.05) is 20.8 Å². The van der Waals surface area contributed by atoms with Crippen molar-refractivity contribution in [2.45, 2.75) is 58.5 Å². The summed E-state index contributed by atoms with van der Waals surface area (Å²) in [5.41, 5.74) is 0. The fourth-order valence-corrected chi connectivity index (χ4v) is 2.87. The Labute approximate surface area is 111 Å². The highest BCUT2D eigenvalue weighted by Crippen LogP contribution is 2.19. The van der Waals surface area contributed by atoms with Gasteiger partial charge in [-0.2, -0.15) is 0 Å². The number of amides is 1. The van der Waals surface area contributed by atoms with E-state index in [0.717, 1.165) is 32.2 Å². The summed E-state index contributed by atoms with van der Waals surface area (Å²) in [6.07, 6.45) is 4.15. The summed E-state index contributed by atoms with van der Waals surface area (Å²) in [6, 6.07) is 0.187. The molecule has 0 aromatic carbocycles. The summed E-state index contributed by atoms with van der Waals surface area (Å²) < 4.78 is 0. The van der Waals surface area contributed by atoms with Crippen molar-refractivity contribution < 1.29 is 9.90 Å². The first-order chi connectivity index (χ1) is 8.65. The molecule has 4 heteroatoms. The Morgan fingerprint density at radius 1 is 1.44 bits per heavy atom. The van der Waals surface area contributed by atoms with Crippen LogP contribution in [0, 0.1) is 5.92 Å². The molecule has 2 N–H and O–H groups in total.